The quantitative estimate of drug-likeness (QED) is 0.774. The molecule has 0 spiro atoms. The number of carbonyl (C=O) groups is 1. The normalized spacial score (nSPS) is 11.2. The predicted molar refractivity (Wildman–Crippen MR) is 96.2 cm³/mol. The van der Waals surface area contributed by atoms with Gasteiger partial charge in [-0.05, 0) is 45.0 Å². The lowest BCUT2D eigenvalue weighted by atomic mass is 10.1. The summed E-state index contributed by atoms with van der Waals surface area (Å²) in [5.74, 6) is 0.148. The van der Waals surface area contributed by atoms with Crippen LogP contribution < -0.4 is 10.1 Å². The zero-order valence-corrected chi connectivity index (χ0v) is 15.1. The van der Waals surface area contributed by atoms with Crippen LogP contribution in [0.4, 0.5) is 0 Å². The number of ether oxygens (including phenoxy) is 1. The smallest absolute Gasteiger partial charge is 0.272 e. The first-order chi connectivity index (χ1) is 12.4. The van der Waals surface area contributed by atoms with Crippen LogP contribution in [0.1, 0.15) is 31.3 Å². The Bertz CT molecular complexity index is 898. The molecule has 0 radical (unpaired) electrons. The van der Waals surface area contributed by atoms with Crippen molar-refractivity contribution in [2.24, 2.45) is 0 Å². The van der Waals surface area contributed by atoms with E-state index in [0.29, 0.717) is 17.3 Å². The molecule has 0 saturated heterocycles. The molecule has 0 fully saturated rings. The van der Waals surface area contributed by atoms with Crippen molar-refractivity contribution < 1.29 is 9.53 Å². The number of hydrogen-bond donors (Lipinski definition) is 1. The van der Waals surface area contributed by atoms with Gasteiger partial charge in [0.2, 0.25) is 5.88 Å². The molecule has 0 aliphatic rings. The first kappa shape index (κ1) is 17.5. The zero-order valence-electron chi connectivity index (χ0n) is 15.1. The number of pyridine rings is 1. The third-order valence-electron chi connectivity index (χ3n) is 3.43. The number of carbonyl (C=O) groups excluding carboxylic acids is 1. The molecule has 3 heterocycles. The second-order valence-electron chi connectivity index (χ2n) is 6.70. The Hall–Kier alpha value is -3.29. The lowest BCUT2D eigenvalue weighted by molar-refractivity contribution is 0.0914. The van der Waals surface area contributed by atoms with Crippen LogP contribution in [0.25, 0.3) is 17.1 Å². The first-order valence-corrected chi connectivity index (χ1v) is 8.08. The second-order valence-corrected chi connectivity index (χ2v) is 6.70. The molecule has 0 aliphatic heterocycles. The summed E-state index contributed by atoms with van der Waals surface area (Å²) in [7, 11) is 1.53. The summed E-state index contributed by atoms with van der Waals surface area (Å²) in [6, 6.07) is 8.81. The van der Waals surface area contributed by atoms with Gasteiger partial charge in [-0.2, -0.15) is 5.10 Å². The molecule has 8 heteroatoms. The van der Waals surface area contributed by atoms with E-state index in [0.717, 1.165) is 5.69 Å². The average Bonchev–Trinajstić information content (AvgIpc) is 3.07. The van der Waals surface area contributed by atoms with Gasteiger partial charge in [0.1, 0.15) is 5.69 Å². The van der Waals surface area contributed by atoms with E-state index >= 15 is 0 Å². The maximum absolute atomic E-state index is 12.5. The molecule has 26 heavy (non-hydrogen) atoms. The Balaban J connectivity index is 2.07. The topological polar surface area (TPSA) is 94.8 Å². The molecule has 3 aromatic rings. The zero-order chi connectivity index (χ0) is 18.7. The van der Waals surface area contributed by atoms with Crippen LogP contribution in [0.15, 0.2) is 42.7 Å². The Morgan fingerprint density at radius 1 is 1.19 bits per heavy atom. The first-order valence-electron chi connectivity index (χ1n) is 8.08. The largest absolute Gasteiger partial charge is 0.480 e. The van der Waals surface area contributed by atoms with E-state index < -0.39 is 0 Å². The van der Waals surface area contributed by atoms with Gasteiger partial charge in [-0.25, -0.2) is 4.68 Å². The number of methoxy groups -OCH3 is 1. The van der Waals surface area contributed by atoms with Gasteiger partial charge in [-0.1, -0.05) is 0 Å². The minimum atomic E-state index is -0.366. The highest BCUT2D eigenvalue weighted by atomic mass is 16.5. The Morgan fingerprint density at radius 2 is 2.00 bits per heavy atom. The molecule has 1 N–H and O–H groups in total. The van der Waals surface area contributed by atoms with E-state index in [2.05, 4.69) is 25.6 Å². The number of nitrogens with zero attached hydrogens (tertiary/aromatic N) is 5. The van der Waals surface area contributed by atoms with Gasteiger partial charge in [-0.3, -0.25) is 9.78 Å². The van der Waals surface area contributed by atoms with Gasteiger partial charge >= 0.3 is 0 Å². The summed E-state index contributed by atoms with van der Waals surface area (Å²) < 4.78 is 6.67. The Morgan fingerprint density at radius 3 is 2.58 bits per heavy atom. The van der Waals surface area contributed by atoms with Gasteiger partial charge in [0.15, 0.2) is 5.69 Å². The van der Waals surface area contributed by atoms with Gasteiger partial charge in [0.05, 0.1) is 24.7 Å². The van der Waals surface area contributed by atoms with E-state index in [1.54, 1.807) is 41.3 Å². The molecule has 134 valence electrons. The van der Waals surface area contributed by atoms with E-state index in [9.17, 15) is 4.79 Å². The number of nitrogens with one attached hydrogen (secondary N) is 1. The number of amides is 1. The van der Waals surface area contributed by atoms with Crippen LogP contribution in [0.3, 0.4) is 0 Å². The predicted octanol–water partition coefficient (Wildman–Crippen LogP) is 2.26. The molecule has 0 aromatic carbocycles. The maximum Gasteiger partial charge on any atom is 0.272 e. The average molecular weight is 352 g/mol. The number of rotatable bonds is 4. The van der Waals surface area contributed by atoms with Crippen molar-refractivity contribution in [2.75, 3.05) is 7.11 Å². The van der Waals surface area contributed by atoms with Gasteiger partial charge in [0.25, 0.3) is 5.91 Å². The van der Waals surface area contributed by atoms with E-state index in [4.69, 9.17) is 4.74 Å². The van der Waals surface area contributed by atoms with Crippen LogP contribution in [0.2, 0.25) is 0 Å². The Labute approximate surface area is 151 Å². The van der Waals surface area contributed by atoms with Gasteiger partial charge in [-0.15, -0.1) is 10.2 Å². The maximum atomic E-state index is 12.5. The Kier molecular flexibility index (Phi) is 4.66. The molecule has 0 saturated carbocycles. The lowest BCUT2D eigenvalue weighted by Gasteiger charge is -2.19. The molecule has 0 unspecified atom stereocenters. The highest BCUT2D eigenvalue weighted by Crippen LogP contribution is 2.23. The van der Waals surface area contributed by atoms with Gasteiger partial charge in [0, 0.05) is 17.8 Å². The van der Waals surface area contributed by atoms with Crippen molar-refractivity contribution in [1.82, 2.24) is 30.3 Å². The fourth-order valence-electron chi connectivity index (χ4n) is 2.32. The third-order valence-corrected chi connectivity index (χ3v) is 3.43. The molecule has 0 bridgehead atoms. The molecular formula is C18H20N6O2. The van der Waals surface area contributed by atoms with Crippen molar-refractivity contribution in [2.45, 2.75) is 26.3 Å². The van der Waals surface area contributed by atoms with Crippen molar-refractivity contribution in [3.05, 3.63) is 48.4 Å². The summed E-state index contributed by atoms with van der Waals surface area (Å²) in [5, 5.41) is 15.5. The van der Waals surface area contributed by atoms with E-state index in [1.165, 1.54) is 7.11 Å². The molecule has 8 nitrogen and oxygen atoms in total. The van der Waals surface area contributed by atoms with Crippen LogP contribution >= 0.6 is 0 Å². The minimum Gasteiger partial charge on any atom is -0.480 e. The fourth-order valence-corrected chi connectivity index (χ4v) is 2.32. The molecular weight excluding hydrogens is 332 g/mol. The van der Waals surface area contributed by atoms with Crippen molar-refractivity contribution >= 4 is 5.91 Å². The van der Waals surface area contributed by atoms with Crippen LogP contribution in [0.5, 0.6) is 5.88 Å². The number of aromatic nitrogens is 5. The van der Waals surface area contributed by atoms with E-state index in [-0.39, 0.29) is 17.1 Å². The SMILES string of the molecule is COc1ccc(-c2cc(C(=O)NC(C)(C)C)nn2-c2cccnc2)nn1. The molecule has 3 rings (SSSR count). The van der Waals surface area contributed by atoms with Gasteiger partial charge < -0.3 is 10.1 Å². The molecule has 0 aliphatic carbocycles. The summed E-state index contributed by atoms with van der Waals surface area (Å²) in [5.41, 5.74) is 1.84. The van der Waals surface area contributed by atoms with Crippen LogP contribution in [-0.2, 0) is 0 Å². The van der Waals surface area contributed by atoms with E-state index in [1.807, 2.05) is 26.8 Å². The lowest BCUT2D eigenvalue weighted by Crippen LogP contribution is -2.40. The summed E-state index contributed by atoms with van der Waals surface area (Å²) >= 11 is 0. The van der Waals surface area contributed by atoms with Crippen molar-refractivity contribution in [3.8, 4) is 23.0 Å². The summed E-state index contributed by atoms with van der Waals surface area (Å²) in [4.78, 5) is 16.6. The molecule has 3 aromatic heterocycles. The highest BCUT2D eigenvalue weighted by molar-refractivity contribution is 5.94. The van der Waals surface area contributed by atoms with Crippen molar-refractivity contribution in [1.29, 1.82) is 0 Å². The van der Waals surface area contributed by atoms with Crippen LogP contribution in [-0.4, -0.2) is 43.5 Å². The van der Waals surface area contributed by atoms with Crippen molar-refractivity contribution in [3.63, 3.8) is 0 Å². The number of hydrogen-bond acceptors (Lipinski definition) is 6. The fraction of sp³-hybridized carbons (Fsp3) is 0.278. The summed E-state index contributed by atoms with van der Waals surface area (Å²) in [6.45, 7) is 5.75. The molecule has 1 amide bonds. The highest BCUT2D eigenvalue weighted by Gasteiger charge is 2.21. The van der Waals surface area contributed by atoms with Crippen LogP contribution in [0, 0.1) is 0 Å². The minimum absolute atomic E-state index is 0.261. The third kappa shape index (κ3) is 3.85. The summed E-state index contributed by atoms with van der Waals surface area (Å²) in [6.07, 6.45) is 3.34. The standard InChI is InChI=1S/C18H20N6O2/c1-18(2,3)20-17(25)14-10-15(13-7-8-16(26-4)22-21-13)24(23-14)12-6-5-9-19-11-12/h5-11H,1-4H3,(H,20,25). The monoisotopic (exact) mass is 352 g/mol. The second kappa shape index (κ2) is 6.91. The molecule has 0 atom stereocenters.